The highest BCUT2D eigenvalue weighted by molar-refractivity contribution is 5.93. The molecule has 0 spiro atoms. The van der Waals surface area contributed by atoms with Crippen LogP contribution in [0.25, 0.3) is 0 Å². The number of hydrogen-bond acceptors (Lipinski definition) is 3. The van der Waals surface area contributed by atoms with Crippen molar-refractivity contribution in [3.05, 3.63) is 24.3 Å². The molecule has 1 aromatic rings. The van der Waals surface area contributed by atoms with E-state index in [1.54, 1.807) is 31.2 Å². The highest BCUT2D eigenvalue weighted by Gasteiger charge is 2.08. The van der Waals surface area contributed by atoms with Gasteiger partial charge in [0, 0.05) is 30.3 Å². The van der Waals surface area contributed by atoms with Gasteiger partial charge in [0.15, 0.2) is 0 Å². The van der Waals surface area contributed by atoms with Crippen molar-refractivity contribution in [1.29, 1.82) is 0 Å². The molecule has 1 atom stereocenters. The van der Waals surface area contributed by atoms with Crippen LogP contribution in [0.5, 0.6) is 0 Å². The van der Waals surface area contributed by atoms with E-state index in [2.05, 4.69) is 16.0 Å². The van der Waals surface area contributed by atoms with Crippen LogP contribution >= 0.6 is 0 Å². The van der Waals surface area contributed by atoms with Crippen molar-refractivity contribution in [2.24, 2.45) is 0 Å². The first kappa shape index (κ1) is 16.2. The van der Waals surface area contributed by atoms with Crippen LogP contribution in [0.4, 0.5) is 11.4 Å². The van der Waals surface area contributed by atoms with Crippen molar-refractivity contribution in [2.45, 2.75) is 39.7 Å². The molecule has 1 unspecified atom stereocenters. The van der Waals surface area contributed by atoms with Gasteiger partial charge in [-0.25, -0.2) is 0 Å². The summed E-state index contributed by atoms with van der Waals surface area (Å²) in [4.78, 5) is 23.0. The zero-order chi connectivity index (χ0) is 15.0. The Morgan fingerprint density at radius 1 is 1.00 bits per heavy atom. The summed E-state index contributed by atoms with van der Waals surface area (Å²) in [5, 5.41) is 8.78. The van der Waals surface area contributed by atoms with Crippen LogP contribution in [-0.4, -0.2) is 24.4 Å². The Bertz CT molecular complexity index is 443. The molecule has 0 saturated heterocycles. The van der Waals surface area contributed by atoms with Gasteiger partial charge in [-0.2, -0.15) is 0 Å². The van der Waals surface area contributed by atoms with E-state index < -0.39 is 0 Å². The summed E-state index contributed by atoms with van der Waals surface area (Å²) in [6, 6.07) is 7.26. The molecule has 0 aliphatic rings. The zero-order valence-corrected chi connectivity index (χ0v) is 12.3. The minimum absolute atomic E-state index is 0.0243. The number of carbonyl (C=O) groups excluding carboxylic acids is 2. The van der Waals surface area contributed by atoms with Gasteiger partial charge in [-0.05, 0) is 37.7 Å². The van der Waals surface area contributed by atoms with Crippen LogP contribution in [0.3, 0.4) is 0 Å². The van der Waals surface area contributed by atoms with Gasteiger partial charge in [-0.1, -0.05) is 13.8 Å². The SMILES string of the molecule is CCNC(C)CC(=O)Nc1ccc(NC(=O)CC)cc1. The van der Waals surface area contributed by atoms with Crippen LogP contribution < -0.4 is 16.0 Å². The molecule has 20 heavy (non-hydrogen) atoms. The van der Waals surface area contributed by atoms with E-state index >= 15 is 0 Å². The largest absolute Gasteiger partial charge is 0.326 e. The maximum absolute atomic E-state index is 11.8. The van der Waals surface area contributed by atoms with Crippen molar-refractivity contribution in [2.75, 3.05) is 17.2 Å². The zero-order valence-electron chi connectivity index (χ0n) is 12.3. The van der Waals surface area contributed by atoms with Crippen molar-refractivity contribution in [3.8, 4) is 0 Å². The summed E-state index contributed by atoms with van der Waals surface area (Å²) in [5.41, 5.74) is 1.46. The number of benzene rings is 1. The molecule has 0 radical (unpaired) electrons. The summed E-state index contributed by atoms with van der Waals surface area (Å²) in [6.07, 6.45) is 0.878. The summed E-state index contributed by atoms with van der Waals surface area (Å²) in [7, 11) is 0. The lowest BCUT2D eigenvalue weighted by Gasteiger charge is -2.12. The molecule has 3 N–H and O–H groups in total. The molecule has 2 amide bonds. The minimum atomic E-state index is -0.0266. The van der Waals surface area contributed by atoms with Gasteiger partial charge in [0.1, 0.15) is 0 Å². The molecule has 1 rings (SSSR count). The molecule has 0 heterocycles. The van der Waals surface area contributed by atoms with Gasteiger partial charge in [0.05, 0.1) is 0 Å². The average molecular weight is 277 g/mol. The van der Waals surface area contributed by atoms with E-state index in [1.807, 2.05) is 13.8 Å². The molecular weight excluding hydrogens is 254 g/mol. The second kappa shape index (κ2) is 8.32. The maximum atomic E-state index is 11.8. The van der Waals surface area contributed by atoms with Crippen LogP contribution in [-0.2, 0) is 9.59 Å². The first-order chi connectivity index (χ1) is 9.55. The third-order valence-corrected chi connectivity index (χ3v) is 2.82. The molecule has 0 aliphatic carbocycles. The Morgan fingerprint density at radius 2 is 1.50 bits per heavy atom. The summed E-state index contributed by atoms with van der Waals surface area (Å²) < 4.78 is 0. The van der Waals surface area contributed by atoms with Crippen molar-refractivity contribution in [3.63, 3.8) is 0 Å². The van der Waals surface area contributed by atoms with Gasteiger partial charge in [0.25, 0.3) is 0 Å². The van der Waals surface area contributed by atoms with Gasteiger partial charge < -0.3 is 16.0 Å². The molecule has 5 heteroatoms. The Hall–Kier alpha value is -1.88. The fourth-order valence-corrected chi connectivity index (χ4v) is 1.80. The van der Waals surface area contributed by atoms with Gasteiger partial charge in [-0.15, -0.1) is 0 Å². The van der Waals surface area contributed by atoms with Gasteiger partial charge >= 0.3 is 0 Å². The summed E-state index contributed by atoms with van der Waals surface area (Å²) >= 11 is 0. The third-order valence-electron chi connectivity index (χ3n) is 2.82. The summed E-state index contributed by atoms with van der Waals surface area (Å²) in [5.74, 6) is -0.0509. The second-order valence-corrected chi connectivity index (χ2v) is 4.69. The quantitative estimate of drug-likeness (QED) is 0.716. The molecule has 0 fully saturated rings. The molecule has 0 bridgehead atoms. The lowest BCUT2D eigenvalue weighted by atomic mass is 10.2. The van der Waals surface area contributed by atoms with E-state index in [0.717, 1.165) is 17.9 Å². The highest BCUT2D eigenvalue weighted by Crippen LogP contribution is 2.14. The lowest BCUT2D eigenvalue weighted by Crippen LogP contribution is -2.30. The molecule has 110 valence electrons. The molecule has 1 aromatic carbocycles. The third kappa shape index (κ3) is 5.84. The monoisotopic (exact) mass is 277 g/mol. The standard InChI is InChI=1S/C15H23N3O2/c1-4-14(19)17-12-6-8-13(9-7-12)18-15(20)10-11(3)16-5-2/h6-9,11,16H,4-5,10H2,1-3H3,(H,17,19)(H,18,20). The van der Waals surface area contributed by atoms with E-state index in [-0.39, 0.29) is 17.9 Å². The predicted molar refractivity (Wildman–Crippen MR) is 81.7 cm³/mol. The first-order valence-corrected chi connectivity index (χ1v) is 6.98. The van der Waals surface area contributed by atoms with E-state index in [0.29, 0.717) is 12.8 Å². The topological polar surface area (TPSA) is 70.2 Å². The summed E-state index contributed by atoms with van der Waals surface area (Å²) in [6.45, 7) is 6.64. The molecule has 5 nitrogen and oxygen atoms in total. The van der Waals surface area contributed by atoms with E-state index in [1.165, 1.54) is 0 Å². The molecule has 0 aliphatic heterocycles. The van der Waals surface area contributed by atoms with Crippen LogP contribution in [0, 0.1) is 0 Å². The second-order valence-electron chi connectivity index (χ2n) is 4.69. The Morgan fingerprint density at radius 3 is 1.95 bits per heavy atom. The number of hydrogen-bond donors (Lipinski definition) is 3. The molecular formula is C15H23N3O2. The van der Waals surface area contributed by atoms with Crippen molar-refractivity contribution in [1.82, 2.24) is 5.32 Å². The van der Waals surface area contributed by atoms with Crippen LogP contribution in [0.15, 0.2) is 24.3 Å². The molecule has 0 saturated carbocycles. The minimum Gasteiger partial charge on any atom is -0.326 e. The first-order valence-electron chi connectivity index (χ1n) is 6.98. The van der Waals surface area contributed by atoms with Crippen LogP contribution in [0.1, 0.15) is 33.6 Å². The number of anilines is 2. The number of rotatable bonds is 7. The number of carbonyl (C=O) groups is 2. The lowest BCUT2D eigenvalue weighted by molar-refractivity contribution is -0.117. The smallest absolute Gasteiger partial charge is 0.225 e. The highest BCUT2D eigenvalue weighted by atomic mass is 16.2. The Kier molecular flexibility index (Phi) is 6.73. The van der Waals surface area contributed by atoms with Crippen LogP contribution in [0.2, 0.25) is 0 Å². The van der Waals surface area contributed by atoms with Gasteiger partial charge in [0.2, 0.25) is 11.8 Å². The normalized spacial score (nSPS) is 11.8. The predicted octanol–water partition coefficient (Wildman–Crippen LogP) is 2.36. The Balaban J connectivity index is 2.48. The molecule has 0 aromatic heterocycles. The van der Waals surface area contributed by atoms with E-state index in [4.69, 9.17) is 0 Å². The fraction of sp³-hybridized carbons (Fsp3) is 0.467. The number of nitrogens with one attached hydrogen (secondary N) is 3. The van der Waals surface area contributed by atoms with Crippen molar-refractivity contribution >= 4 is 23.2 Å². The van der Waals surface area contributed by atoms with Crippen molar-refractivity contribution < 1.29 is 9.59 Å². The fourth-order valence-electron chi connectivity index (χ4n) is 1.80. The Labute approximate surface area is 120 Å². The maximum Gasteiger partial charge on any atom is 0.225 e. The average Bonchev–Trinajstić information content (AvgIpc) is 2.41. The van der Waals surface area contributed by atoms with E-state index in [9.17, 15) is 9.59 Å². The van der Waals surface area contributed by atoms with Gasteiger partial charge in [-0.3, -0.25) is 9.59 Å². The number of amides is 2.